The van der Waals surface area contributed by atoms with Gasteiger partial charge in [0, 0.05) is 29.5 Å². The molecule has 0 saturated heterocycles. The Morgan fingerprint density at radius 1 is 1.19 bits per heavy atom. The molecule has 26 heavy (non-hydrogen) atoms. The van der Waals surface area contributed by atoms with Crippen LogP contribution in [-0.2, 0) is 9.53 Å². The minimum absolute atomic E-state index is 0.0306. The third kappa shape index (κ3) is 5.66. The highest BCUT2D eigenvalue weighted by Gasteiger charge is 2.13. The number of hydrogen-bond donors (Lipinski definition) is 1. The van der Waals surface area contributed by atoms with E-state index >= 15 is 0 Å². The summed E-state index contributed by atoms with van der Waals surface area (Å²) >= 11 is 1.42. The van der Waals surface area contributed by atoms with Crippen molar-refractivity contribution in [1.82, 2.24) is 5.32 Å². The maximum Gasteiger partial charge on any atom is 0.306 e. The Balaban J connectivity index is 1.67. The molecule has 1 heterocycles. The van der Waals surface area contributed by atoms with E-state index in [1.807, 2.05) is 0 Å². The summed E-state index contributed by atoms with van der Waals surface area (Å²) in [6, 6.07) is 5.48. The zero-order valence-electron chi connectivity index (χ0n) is 14.1. The summed E-state index contributed by atoms with van der Waals surface area (Å²) in [4.78, 5) is 35.2. The zero-order chi connectivity index (χ0) is 18.9. The molecule has 8 heteroatoms. The van der Waals surface area contributed by atoms with Crippen LogP contribution in [-0.4, -0.2) is 37.9 Å². The van der Waals surface area contributed by atoms with E-state index in [-0.39, 0.29) is 23.6 Å². The van der Waals surface area contributed by atoms with Crippen molar-refractivity contribution in [3.05, 3.63) is 52.0 Å². The predicted octanol–water partition coefficient (Wildman–Crippen LogP) is 2.83. The quantitative estimate of drug-likeness (QED) is 0.412. The Morgan fingerprint density at radius 2 is 2.00 bits per heavy atom. The normalized spacial score (nSPS) is 10.2. The summed E-state index contributed by atoms with van der Waals surface area (Å²) in [6.07, 6.45) is 0.453. The summed E-state index contributed by atoms with van der Waals surface area (Å²) in [7, 11) is 1.32. The van der Waals surface area contributed by atoms with E-state index in [1.54, 1.807) is 16.8 Å². The van der Waals surface area contributed by atoms with Crippen molar-refractivity contribution >= 4 is 29.0 Å². The van der Waals surface area contributed by atoms with Gasteiger partial charge in [-0.15, -0.1) is 0 Å². The number of hydrogen-bond acceptors (Lipinski definition) is 6. The number of carbonyl (C=O) groups is 3. The van der Waals surface area contributed by atoms with Crippen LogP contribution in [0.1, 0.15) is 33.6 Å². The van der Waals surface area contributed by atoms with Crippen molar-refractivity contribution in [2.75, 3.05) is 20.3 Å². The van der Waals surface area contributed by atoms with Gasteiger partial charge in [0.05, 0.1) is 7.11 Å². The molecule has 0 radical (unpaired) electrons. The second-order valence-electron chi connectivity index (χ2n) is 5.30. The zero-order valence-corrected chi connectivity index (χ0v) is 14.9. The van der Waals surface area contributed by atoms with E-state index in [0.29, 0.717) is 18.5 Å². The van der Waals surface area contributed by atoms with Crippen LogP contribution in [0.5, 0.6) is 5.75 Å². The number of carbonyl (C=O) groups excluding carboxylic acids is 3. The van der Waals surface area contributed by atoms with Gasteiger partial charge in [-0.2, -0.15) is 11.3 Å². The molecule has 1 amide bonds. The number of benzene rings is 1. The van der Waals surface area contributed by atoms with Crippen LogP contribution in [0.2, 0.25) is 0 Å². The second-order valence-corrected chi connectivity index (χ2v) is 6.08. The molecule has 1 aromatic heterocycles. The van der Waals surface area contributed by atoms with Gasteiger partial charge < -0.3 is 14.8 Å². The van der Waals surface area contributed by atoms with Crippen molar-refractivity contribution in [1.29, 1.82) is 0 Å². The first-order valence-corrected chi connectivity index (χ1v) is 8.78. The molecule has 0 aliphatic heterocycles. The Kier molecular flexibility index (Phi) is 7.28. The molecule has 138 valence electrons. The Hall–Kier alpha value is -2.74. The minimum atomic E-state index is -0.661. The summed E-state index contributed by atoms with van der Waals surface area (Å²) in [5.74, 6) is -1.90. The highest BCUT2D eigenvalue weighted by molar-refractivity contribution is 7.08. The van der Waals surface area contributed by atoms with Gasteiger partial charge in [-0.3, -0.25) is 14.4 Å². The molecule has 0 fully saturated rings. The number of esters is 1. The van der Waals surface area contributed by atoms with Crippen molar-refractivity contribution < 1.29 is 28.2 Å². The number of Topliss-reactive ketones (excluding diaryl/α,β-unsaturated/α-hetero) is 1. The number of halogens is 1. The molecular formula is C18H18FNO5S. The van der Waals surface area contributed by atoms with E-state index in [0.717, 1.165) is 6.07 Å². The van der Waals surface area contributed by atoms with Gasteiger partial charge in [-0.1, -0.05) is 0 Å². The summed E-state index contributed by atoms with van der Waals surface area (Å²) in [6.45, 7) is -0.146. The molecule has 1 N–H and O–H groups in total. The topological polar surface area (TPSA) is 81.7 Å². The third-order valence-corrected chi connectivity index (χ3v) is 4.15. The fraction of sp³-hybridized carbons (Fsp3) is 0.278. The lowest BCUT2D eigenvalue weighted by Gasteiger charge is -2.07. The van der Waals surface area contributed by atoms with Crippen LogP contribution in [0.25, 0.3) is 0 Å². The molecule has 0 spiro atoms. The van der Waals surface area contributed by atoms with Gasteiger partial charge in [0.2, 0.25) is 0 Å². The number of nitrogens with one attached hydrogen (secondary N) is 1. The van der Waals surface area contributed by atoms with Gasteiger partial charge in [-0.05, 0) is 36.1 Å². The van der Waals surface area contributed by atoms with Crippen LogP contribution in [0, 0.1) is 5.82 Å². The van der Waals surface area contributed by atoms with Crippen molar-refractivity contribution in [2.45, 2.75) is 12.8 Å². The highest BCUT2D eigenvalue weighted by atomic mass is 32.1. The number of methoxy groups -OCH3 is 1. The van der Waals surface area contributed by atoms with Crippen LogP contribution in [0.3, 0.4) is 0 Å². The number of ether oxygens (including phenoxy) is 2. The summed E-state index contributed by atoms with van der Waals surface area (Å²) in [5.41, 5.74) is 0.675. The van der Waals surface area contributed by atoms with Gasteiger partial charge in [-0.25, -0.2) is 4.39 Å². The lowest BCUT2D eigenvalue weighted by Crippen LogP contribution is -2.24. The summed E-state index contributed by atoms with van der Waals surface area (Å²) < 4.78 is 23.2. The fourth-order valence-electron chi connectivity index (χ4n) is 2.07. The highest BCUT2D eigenvalue weighted by Crippen LogP contribution is 2.18. The largest absolute Gasteiger partial charge is 0.494 e. The molecule has 0 aliphatic carbocycles. The molecule has 0 atom stereocenters. The van der Waals surface area contributed by atoms with Crippen molar-refractivity contribution in [3.8, 4) is 5.75 Å². The van der Waals surface area contributed by atoms with Crippen molar-refractivity contribution in [3.63, 3.8) is 0 Å². The number of rotatable bonds is 9. The molecule has 2 aromatic rings. The van der Waals surface area contributed by atoms with E-state index in [9.17, 15) is 18.8 Å². The number of amides is 1. The Bertz CT molecular complexity index is 776. The first-order valence-electron chi connectivity index (χ1n) is 7.84. The first-order chi connectivity index (χ1) is 12.5. The lowest BCUT2D eigenvalue weighted by molar-refractivity contribution is -0.142. The number of thiophene rings is 1. The second kappa shape index (κ2) is 9.67. The maximum absolute atomic E-state index is 13.6. The average molecular weight is 379 g/mol. The van der Waals surface area contributed by atoms with E-state index < -0.39 is 24.2 Å². The smallest absolute Gasteiger partial charge is 0.306 e. The minimum Gasteiger partial charge on any atom is -0.494 e. The van der Waals surface area contributed by atoms with Crippen LogP contribution in [0.4, 0.5) is 4.39 Å². The molecule has 2 rings (SSSR count). The van der Waals surface area contributed by atoms with Crippen LogP contribution < -0.4 is 10.1 Å². The molecule has 0 saturated carbocycles. The Labute approximate surface area is 153 Å². The standard InChI is InChI=1S/C18H18FNO5S/c1-24-16-5-4-12(9-14(16)19)15(21)10-25-17(22)3-2-7-20-18(23)13-6-8-26-11-13/h4-6,8-9,11H,2-3,7,10H2,1H3,(H,20,23). The molecular weight excluding hydrogens is 361 g/mol. The summed E-state index contributed by atoms with van der Waals surface area (Å²) in [5, 5.41) is 6.22. The van der Waals surface area contributed by atoms with Crippen molar-refractivity contribution in [2.24, 2.45) is 0 Å². The van der Waals surface area contributed by atoms with E-state index in [1.165, 1.54) is 30.6 Å². The third-order valence-electron chi connectivity index (χ3n) is 3.46. The number of ketones is 1. The Morgan fingerprint density at radius 3 is 2.65 bits per heavy atom. The molecule has 6 nitrogen and oxygen atoms in total. The van der Waals surface area contributed by atoms with Crippen LogP contribution >= 0.6 is 11.3 Å². The monoisotopic (exact) mass is 379 g/mol. The lowest BCUT2D eigenvalue weighted by atomic mass is 10.1. The maximum atomic E-state index is 13.6. The van der Waals surface area contributed by atoms with Gasteiger partial charge in [0.25, 0.3) is 5.91 Å². The van der Waals surface area contributed by atoms with Crippen LogP contribution in [0.15, 0.2) is 35.0 Å². The fourth-order valence-corrected chi connectivity index (χ4v) is 2.71. The predicted molar refractivity (Wildman–Crippen MR) is 94.1 cm³/mol. The van der Waals surface area contributed by atoms with E-state index in [4.69, 9.17) is 9.47 Å². The van der Waals surface area contributed by atoms with E-state index in [2.05, 4.69) is 5.32 Å². The van der Waals surface area contributed by atoms with Gasteiger partial charge in [0.1, 0.15) is 0 Å². The first kappa shape index (κ1) is 19.6. The van der Waals surface area contributed by atoms with Gasteiger partial charge in [0.15, 0.2) is 24.0 Å². The molecule has 0 aliphatic rings. The van der Waals surface area contributed by atoms with Gasteiger partial charge >= 0.3 is 5.97 Å². The average Bonchev–Trinajstić information content (AvgIpc) is 3.17. The molecule has 0 bridgehead atoms. The molecule has 0 unspecified atom stereocenters. The SMILES string of the molecule is COc1ccc(C(=O)COC(=O)CCCNC(=O)c2ccsc2)cc1F. The molecule has 1 aromatic carbocycles.